The molecule has 3 aromatic carbocycles. The van der Waals surface area contributed by atoms with Gasteiger partial charge < -0.3 is 10.8 Å². The van der Waals surface area contributed by atoms with E-state index in [-0.39, 0.29) is 0 Å². The Morgan fingerprint density at radius 2 is 1.49 bits per heavy atom. The van der Waals surface area contributed by atoms with Crippen molar-refractivity contribution in [3.63, 3.8) is 0 Å². The smallest absolute Gasteiger partial charge is 0.170 e. The van der Waals surface area contributed by atoms with E-state index in [4.69, 9.17) is 27.3 Å². The Morgan fingerprint density at radius 1 is 0.780 bits per heavy atom. The number of halogens is 1. The van der Waals surface area contributed by atoms with Crippen molar-refractivity contribution in [3.8, 4) is 33.9 Å². The third kappa shape index (κ3) is 4.03. The minimum atomic E-state index is -0.602. The minimum absolute atomic E-state index is 0.413. The van der Waals surface area contributed by atoms with Gasteiger partial charge in [-0.1, -0.05) is 78.3 Å². The molecule has 0 spiro atoms. The fourth-order valence-corrected chi connectivity index (χ4v) is 6.60. The number of aromatic nitrogens is 5. The molecule has 2 aliphatic carbocycles. The van der Waals surface area contributed by atoms with Crippen LogP contribution in [-0.4, -0.2) is 35.3 Å². The second-order valence-corrected chi connectivity index (χ2v) is 12.0. The summed E-state index contributed by atoms with van der Waals surface area (Å²) in [5.74, 6) is 1.06. The fraction of sp³-hybridized carbons (Fsp3) is 0.212. The van der Waals surface area contributed by atoms with Gasteiger partial charge in [-0.3, -0.25) is 4.40 Å². The molecule has 7 nitrogen and oxygen atoms in total. The SMILES string of the molecule is NC1(c2ccc(-c3nc4ccc5nnc(-c6cccc(Cl)c6)n5c4nc3-c3ccccc3)cc2)CC(O)(C2CC2)C1. The molecule has 0 bridgehead atoms. The molecule has 0 atom stereocenters. The molecule has 0 radical (unpaired) electrons. The van der Waals surface area contributed by atoms with Crippen LogP contribution in [0.5, 0.6) is 0 Å². The van der Waals surface area contributed by atoms with E-state index in [9.17, 15) is 5.11 Å². The fourth-order valence-electron chi connectivity index (χ4n) is 6.41. The zero-order valence-electron chi connectivity index (χ0n) is 22.2. The highest BCUT2D eigenvalue weighted by molar-refractivity contribution is 6.30. The van der Waals surface area contributed by atoms with Crippen molar-refractivity contribution in [1.82, 2.24) is 24.6 Å². The van der Waals surface area contributed by atoms with Crippen LogP contribution < -0.4 is 5.73 Å². The van der Waals surface area contributed by atoms with E-state index >= 15 is 0 Å². The summed E-state index contributed by atoms with van der Waals surface area (Å²) in [5, 5.41) is 20.4. The van der Waals surface area contributed by atoms with Gasteiger partial charge in [-0.2, -0.15) is 0 Å². The molecule has 2 aliphatic rings. The average molecular weight is 559 g/mol. The Balaban J connectivity index is 1.27. The average Bonchev–Trinajstić information content (AvgIpc) is 3.75. The van der Waals surface area contributed by atoms with Gasteiger partial charge in [-0.25, -0.2) is 9.97 Å². The van der Waals surface area contributed by atoms with Gasteiger partial charge in [0.2, 0.25) is 0 Å². The number of nitrogens with two attached hydrogens (primary N) is 1. The molecule has 0 aliphatic heterocycles. The Hall–Kier alpha value is -4.17. The predicted octanol–water partition coefficient (Wildman–Crippen LogP) is 6.42. The Labute approximate surface area is 241 Å². The molecule has 0 amide bonds. The quantitative estimate of drug-likeness (QED) is 0.253. The van der Waals surface area contributed by atoms with Crippen molar-refractivity contribution in [1.29, 1.82) is 0 Å². The van der Waals surface area contributed by atoms with Gasteiger partial charge in [0.15, 0.2) is 17.1 Å². The van der Waals surface area contributed by atoms with E-state index in [0.717, 1.165) is 52.0 Å². The zero-order valence-corrected chi connectivity index (χ0v) is 23.0. The second kappa shape index (κ2) is 8.91. The van der Waals surface area contributed by atoms with Crippen molar-refractivity contribution in [2.24, 2.45) is 11.7 Å². The molecule has 202 valence electrons. The van der Waals surface area contributed by atoms with Crippen LogP contribution in [0.1, 0.15) is 31.2 Å². The van der Waals surface area contributed by atoms with Crippen LogP contribution in [0.2, 0.25) is 5.02 Å². The van der Waals surface area contributed by atoms with E-state index in [2.05, 4.69) is 34.5 Å². The first-order chi connectivity index (χ1) is 19.9. The number of fused-ring (bicyclic) bond motifs is 3. The van der Waals surface area contributed by atoms with Crippen molar-refractivity contribution < 1.29 is 5.11 Å². The number of hydrogen-bond donors (Lipinski definition) is 2. The first-order valence-corrected chi connectivity index (χ1v) is 14.3. The highest BCUT2D eigenvalue weighted by Gasteiger charge is 2.58. The van der Waals surface area contributed by atoms with Crippen LogP contribution in [0.4, 0.5) is 0 Å². The second-order valence-electron chi connectivity index (χ2n) is 11.5. The van der Waals surface area contributed by atoms with Gasteiger partial charge in [0, 0.05) is 27.3 Å². The maximum Gasteiger partial charge on any atom is 0.170 e. The number of benzene rings is 3. The van der Waals surface area contributed by atoms with Crippen LogP contribution in [0.15, 0.2) is 91.0 Å². The van der Waals surface area contributed by atoms with Crippen molar-refractivity contribution in [2.75, 3.05) is 0 Å². The van der Waals surface area contributed by atoms with Crippen LogP contribution in [0.3, 0.4) is 0 Å². The molecule has 3 aromatic heterocycles. The van der Waals surface area contributed by atoms with Crippen LogP contribution >= 0.6 is 11.6 Å². The molecular formula is C33H27ClN6O. The van der Waals surface area contributed by atoms with E-state index in [1.54, 1.807) is 0 Å². The van der Waals surface area contributed by atoms with Gasteiger partial charge in [0.05, 0.1) is 17.0 Å². The summed E-state index contributed by atoms with van der Waals surface area (Å²) in [6.07, 6.45) is 3.44. The van der Waals surface area contributed by atoms with E-state index in [1.165, 1.54) is 0 Å². The lowest BCUT2D eigenvalue weighted by Crippen LogP contribution is -2.60. The summed E-state index contributed by atoms with van der Waals surface area (Å²) in [6.45, 7) is 0. The third-order valence-electron chi connectivity index (χ3n) is 8.64. The van der Waals surface area contributed by atoms with Crippen molar-refractivity contribution >= 4 is 28.4 Å². The monoisotopic (exact) mass is 558 g/mol. The van der Waals surface area contributed by atoms with Crippen LogP contribution in [0.25, 0.3) is 50.7 Å². The molecule has 8 rings (SSSR count). The molecule has 3 heterocycles. The summed E-state index contributed by atoms with van der Waals surface area (Å²) < 4.78 is 1.93. The lowest BCUT2D eigenvalue weighted by atomic mass is 9.60. The molecule has 8 heteroatoms. The number of nitrogens with zero attached hydrogens (tertiary/aromatic N) is 5. The lowest BCUT2D eigenvalue weighted by Gasteiger charge is -2.52. The molecule has 2 fully saturated rings. The number of rotatable bonds is 5. The van der Waals surface area contributed by atoms with Crippen LogP contribution in [-0.2, 0) is 5.54 Å². The molecule has 3 N–H and O–H groups in total. The third-order valence-corrected chi connectivity index (χ3v) is 8.87. The lowest BCUT2D eigenvalue weighted by molar-refractivity contribution is -0.106. The number of hydrogen-bond acceptors (Lipinski definition) is 6. The Morgan fingerprint density at radius 3 is 2.22 bits per heavy atom. The summed E-state index contributed by atoms with van der Waals surface area (Å²) in [6, 6.07) is 29.7. The highest BCUT2D eigenvalue weighted by Crippen LogP contribution is 2.57. The van der Waals surface area contributed by atoms with Gasteiger partial charge in [-0.05, 0) is 61.4 Å². The largest absolute Gasteiger partial charge is 0.389 e. The van der Waals surface area contributed by atoms with Crippen molar-refractivity contribution in [2.45, 2.75) is 36.8 Å². The molecular weight excluding hydrogens is 532 g/mol. The van der Waals surface area contributed by atoms with E-state index < -0.39 is 11.1 Å². The number of pyridine rings is 1. The molecule has 0 saturated heterocycles. The number of aliphatic hydroxyl groups is 1. The summed E-state index contributed by atoms with van der Waals surface area (Å²) in [7, 11) is 0. The Bertz CT molecular complexity index is 1940. The topological polar surface area (TPSA) is 102 Å². The first kappa shape index (κ1) is 24.6. The predicted molar refractivity (Wildman–Crippen MR) is 160 cm³/mol. The molecule has 6 aromatic rings. The van der Waals surface area contributed by atoms with Crippen LogP contribution in [0, 0.1) is 5.92 Å². The van der Waals surface area contributed by atoms with E-state index in [1.807, 2.05) is 71.1 Å². The van der Waals surface area contributed by atoms with E-state index in [0.29, 0.717) is 40.9 Å². The maximum atomic E-state index is 10.9. The summed E-state index contributed by atoms with van der Waals surface area (Å²) >= 11 is 6.30. The molecule has 41 heavy (non-hydrogen) atoms. The van der Waals surface area contributed by atoms with Gasteiger partial charge in [-0.15, -0.1) is 10.2 Å². The zero-order chi connectivity index (χ0) is 27.8. The minimum Gasteiger partial charge on any atom is -0.389 e. The summed E-state index contributed by atoms with van der Waals surface area (Å²) in [5.41, 5.74) is 13.1. The Kier molecular flexibility index (Phi) is 5.35. The normalized spacial score (nSPS) is 22.2. The molecule has 2 saturated carbocycles. The maximum absolute atomic E-state index is 10.9. The highest BCUT2D eigenvalue weighted by atomic mass is 35.5. The standard InChI is InChI=1S/C33H27ClN6O/c34-25-8-4-7-22(17-25)30-39-38-27-16-15-26-31(40(27)30)37-29(20-5-2-1-3-6-20)28(36-26)21-9-11-23(12-10-21)32(35)18-33(41,19-32)24-13-14-24/h1-12,15-17,24,41H,13-14,18-19,35H2. The molecule has 0 unspecified atom stereocenters. The van der Waals surface area contributed by atoms with Gasteiger partial charge >= 0.3 is 0 Å². The first-order valence-electron chi connectivity index (χ1n) is 13.9. The van der Waals surface area contributed by atoms with Gasteiger partial charge in [0.1, 0.15) is 5.52 Å². The van der Waals surface area contributed by atoms with Gasteiger partial charge in [0.25, 0.3) is 0 Å². The van der Waals surface area contributed by atoms with Crippen molar-refractivity contribution in [3.05, 3.63) is 102 Å². The summed E-state index contributed by atoms with van der Waals surface area (Å²) in [4.78, 5) is 10.4.